The fourth-order valence-corrected chi connectivity index (χ4v) is 3.87. The summed E-state index contributed by atoms with van der Waals surface area (Å²) in [5.41, 5.74) is 2.00. The van der Waals surface area contributed by atoms with Crippen molar-refractivity contribution in [2.75, 3.05) is 26.2 Å². The largest absolute Gasteiger partial charge is 0.493 e. The number of hydrogen-bond acceptors (Lipinski definition) is 7. The number of amides is 2. The first-order chi connectivity index (χ1) is 16.5. The maximum absolute atomic E-state index is 13.0. The minimum absolute atomic E-state index is 0.0322. The molecule has 3 aromatic heterocycles. The number of benzene rings is 1. The molecule has 1 fully saturated rings. The van der Waals surface area contributed by atoms with Crippen LogP contribution < -0.4 is 4.74 Å². The van der Waals surface area contributed by atoms with Crippen molar-refractivity contribution in [1.29, 1.82) is 0 Å². The highest BCUT2D eigenvalue weighted by atomic mass is 16.6. The van der Waals surface area contributed by atoms with Crippen molar-refractivity contribution < 1.29 is 19.4 Å². The van der Waals surface area contributed by atoms with E-state index in [-0.39, 0.29) is 28.7 Å². The van der Waals surface area contributed by atoms with E-state index in [9.17, 15) is 14.7 Å². The maximum atomic E-state index is 13.0. The molecule has 1 aliphatic rings. The van der Waals surface area contributed by atoms with E-state index in [0.29, 0.717) is 37.6 Å². The molecule has 4 aromatic rings. The zero-order valence-corrected chi connectivity index (χ0v) is 18.5. The van der Waals surface area contributed by atoms with Crippen molar-refractivity contribution in [3.05, 3.63) is 72.2 Å². The molecule has 2 amide bonds. The van der Waals surface area contributed by atoms with Gasteiger partial charge >= 0.3 is 6.09 Å². The third-order valence-electron chi connectivity index (χ3n) is 5.68. The Kier molecular flexibility index (Phi) is 5.54. The van der Waals surface area contributed by atoms with Crippen molar-refractivity contribution in [2.45, 2.75) is 6.92 Å². The summed E-state index contributed by atoms with van der Waals surface area (Å²) in [4.78, 5) is 41.7. The molecule has 1 aliphatic heterocycles. The number of aromatic nitrogens is 4. The number of hydrogen-bond donors (Lipinski definition) is 1. The van der Waals surface area contributed by atoms with Gasteiger partial charge in [-0.3, -0.25) is 4.79 Å². The van der Waals surface area contributed by atoms with Gasteiger partial charge in [-0.25, -0.2) is 24.3 Å². The number of nitrogens with zero attached hydrogens (tertiary/aromatic N) is 6. The molecule has 0 radical (unpaired) electrons. The average molecular weight is 458 g/mol. The predicted octanol–water partition coefficient (Wildman–Crippen LogP) is 2.79. The predicted molar refractivity (Wildman–Crippen MR) is 123 cm³/mol. The van der Waals surface area contributed by atoms with Gasteiger partial charge in [0.25, 0.3) is 5.91 Å². The molecule has 0 unspecified atom stereocenters. The molecule has 1 N–H and O–H groups in total. The van der Waals surface area contributed by atoms with E-state index < -0.39 is 6.09 Å². The van der Waals surface area contributed by atoms with E-state index in [0.717, 1.165) is 5.56 Å². The van der Waals surface area contributed by atoms with Crippen LogP contribution in [-0.2, 0) is 0 Å². The van der Waals surface area contributed by atoms with Gasteiger partial charge in [0, 0.05) is 50.3 Å². The molecule has 0 bridgehead atoms. The van der Waals surface area contributed by atoms with Crippen LogP contribution in [0.1, 0.15) is 15.9 Å². The van der Waals surface area contributed by atoms with Crippen LogP contribution in [0.2, 0.25) is 0 Å². The average Bonchev–Trinajstić information content (AvgIpc) is 3.16. The summed E-state index contributed by atoms with van der Waals surface area (Å²) in [6, 6.07) is 12.6. The van der Waals surface area contributed by atoms with Crippen LogP contribution in [0.25, 0.3) is 16.9 Å². The Morgan fingerprint density at radius 2 is 1.56 bits per heavy atom. The van der Waals surface area contributed by atoms with Crippen LogP contribution in [0.15, 0.2) is 61.1 Å². The molecule has 5 rings (SSSR count). The molecule has 10 nitrogen and oxygen atoms in total. The lowest BCUT2D eigenvalue weighted by Crippen LogP contribution is -2.51. The highest BCUT2D eigenvalue weighted by Crippen LogP contribution is 2.36. The molecule has 4 heterocycles. The fourth-order valence-electron chi connectivity index (χ4n) is 3.87. The normalized spacial score (nSPS) is 13.8. The van der Waals surface area contributed by atoms with Crippen LogP contribution in [0.4, 0.5) is 4.79 Å². The third kappa shape index (κ3) is 3.90. The summed E-state index contributed by atoms with van der Waals surface area (Å²) in [5.74, 6) is 0.105. The SMILES string of the molecule is Cc1ccc(-n2c(O)c3nccnc3c2OC(=O)N2CCN(C(=O)c3ccccc3)CC2)nc1. The van der Waals surface area contributed by atoms with Crippen LogP contribution >= 0.6 is 0 Å². The Hall–Kier alpha value is -4.47. The minimum atomic E-state index is -0.606. The van der Waals surface area contributed by atoms with Crippen molar-refractivity contribution in [3.63, 3.8) is 0 Å². The molecule has 0 aliphatic carbocycles. The van der Waals surface area contributed by atoms with Crippen LogP contribution in [0, 0.1) is 6.92 Å². The number of piperazine rings is 1. The van der Waals surface area contributed by atoms with E-state index in [1.165, 1.54) is 21.9 Å². The quantitative estimate of drug-likeness (QED) is 0.502. The lowest BCUT2D eigenvalue weighted by atomic mass is 10.2. The summed E-state index contributed by atoms with van der Waals surface area (Å²) in [7, 11) is 0. The number of fused-ring (bicyclic) bond motifs is 1. The van der Waals surface area contributed by atoms with Crippen molar-refractivity contribution >= 4 is 23.0 Å². The summed E-state index contributed by atoms with van der Waals surface area (Å²) in [6.07, 6.45) is 3.95. The second-order valence-corrected chi connectivity index (χ2v) is 7.92. The maximum Gasteiger partial charge on any atom is 0.416 e. The minimum Gasteiger partial charge on any atom is -0.493 e. The monoisotopic (exact) mass is 458 g/mol. The fraction of sp³-hybridized carbons (Fsp3) is 0.208. The zero-order valence-electron chi connectivity index (χ0n) is 18.5. The molecule has 1 aromatic carbocycles. The van der Waals surface area contributed by atoms with E-state index in [1.54, 1.807) is 29.3 Å². The van der Waals surface area contributed by atoms with Crippen LogP contribution in [-0.4, -0.2) is 72.6 Å². The van der Waals surface area contributed by atoms with Crippen molar-refractivity contribution in [1.82, 2.24) is 29.3 Å². The van der Waals surface area contributed by atoms with Gasteiger partial charge in [0.05, 0.1) is 0 Å². The first-order valence-electron chi connectivity index (χ1n) is 10.8. The van der Waals surface area contributed by atoms with Gasteiger partial charge in [-0.2, -0.15) is 0 Å². The number of aryl methyl sites for hydroxylation is 1. The summed E-state index contributed by atoms with van der Waals surface area (Å²) in [5, 5.41) is 10.8. The summed E-state index contributed by atoms with van der Waals surface area (Å²) < 4.78 is 7.04. The number of pyridine rings is 1. The van der Waals surface area contributed by atoms with Crippen LogP contribution in [0.3, 0.4) is 0 Å². The molecule has 172 valence electrons. The van der Waals surface area contributed by atoms with Gasteiger partial charge in [-0.05, 0) is 30.7 Å². The Bertz CT molecular complexity index is 1350. The molecule has 1 saturated heterocycles. The first kappa shape index (κ1) is 21.4. The summed E-state index contributed by atoms with van der Waals surface area (Å²) >= 11 is 0. The smallest absolute Gasteiger partial charge is 0.416 e. The number of carbonyl (C=O) groups excluding carboxylic acids is 2. The van der Waals surface area contributed by atoms with Gasteiger partial charge in [0.2, 0.25) is 11.8 Å². The zero-order chi connectivity index (χ0) is 23.7. The Morgan fingerprint density at radius 3 is 2.24 bits per heavy atom. The third-order valence-corrected chi connectivity index (χ3v) is 5.68. The van der Waals surface area contributed by atoms with Gasteiger partial charge in [0.15, 0.2) is 11.0 Å². The van der Waals surface area contributed by atoms with E-state index >= 15 is 0 Å². The number of aromatic hydroxyl groups is 1. The van der Waals surface area contributed by atoms with E-state index in [2.05, 4.69) is 15.0 Å². The van der Waals surface area contributed by atoms with E-state index in [1.807, 2.05) is 31.2 Å². The highest BCUT2D eigenvalue weighted by molar-refractivity contribution is 5.94. The molecule has 0 atom stereocenters. The lowest BCUT2D eigenvalue weighted by molar-refractivity contribution is 0.0631. The van der Waals surface area contributed by atoms with Crippen LogP contribution in [0.5, 0.6) is 11.8 Å². The number of ether oxygens (including phenoxy) is 1. The van der Waals surface area contributed by atoms with Gasteiger partial charge < -0.3 is 19.6 Å². The Morgan fingerprint density at radius 1 is 0.882 bits per heavy atom. The topological polar surface area (TPSA) is 114 Å². The molecule has 0 spiro atoms. The van der Waals surface area contributed by atoms with Crippen molar-refractivity contribution in [2.24, 2.45) is 0 Å². The first-order valence-corrected chi connectivity index (χ1v) is 10.8. The van der Waals surface area contributed by atoms with Gasteiger partial charge in [-0.15, -0.1) is 0 Å². The van der Waals surface area contributed by atoms with E-state index in [4.69, 9.17) is 4.74 Å². The van der Waals surface area contributed by atoms with Gasteiger partial charge in [0.1, 0.15) is 5.82 Å². The molecule has 10 heteroatoms. The molecule has 34 heavy (non-hydrogen) atoms. The standard InChI is InChI=1S/C24H22N6O4/c1-16-7-8-18(27-15-16)30-22(32)19-20(26-10-9-25-19)23(30)34-24(33)29-13-11-28(12-14-29)21(31)17-5-3-2-4-6-17/h2-10,15,32H,11-14H2,1H3. The number of carbonyl (C=O) groups is 2. The molecule has 0 saturated carbocycles. The second kappa shape index (κ2) is 8.81. The molecular weight excluding hydrogens is 436 g/mol. The lowest BCUT2D eigenvalue weighted by Gasteiger charge is -2.34. The Balaban J connectivity index is 1.37. The highest BCUT2D eigenvalue weighted by Gasteiger charge is 2.29. The Labute approximate surface area is 195 Å². The second-order valence-electron chi connectivity index (χ2n) is 7.92. The number of rotatable bonds is 3. The van der Waals surface area contributed by atoms with Crippen molar-refractivity contribution in [3.8, 4) is 17.6 Å². The summed E-state index contributed by atoms with van der Waals surface area (Å²) in [6.45, 7) is 3.30. The molecular formula is C24H22N6O4. The van der Waals surface area contributed by atoms with Gasteiger partial charge in [-0.1, -0.05) is 24.3 Å².